The predicted octanol–water partition coefficient (Wildman–Crippen LogP) is 8.13. The van der Waals surface area contributed by atoms with E-state index in [1.807, 2.05) is 12.1 Å². The summed E-state index contributed by atoms with van der Waals surface area (Å²) in [7, 11) is -1.55. The number of unbranched alkanes of at least 4 members (excludes halogenated alkanes) is 1. The topological polar surface area (TPSA) is 3.24 Å². The van der Waals surface area contributed by atoms with Crippen molar-refractivity contribution in [2.75, 3.05) is 6.54 Å². The van der Waals surface area contributed by atoms with Gasteiger partial charge in [-0.1, -0.05) is 74.9 Å². The van der Waals surface area contributed by atoms with E-state index in [1.54, 1.807) is 24.3 Å². The van der Waals surface area contributed by atoms with E-state index in [0.717, 1.165) is 36.4 Å². The minimum atomic E-state index is -1.04. The van der Waals surface area contributed by atoms with Crippen molar-refractivity contribution in [2.24, 2.45) is 0 Å². The van der Waals surface area contributed by atoms with Gasteiger partial charge in [-0.25, -0.2) is 8.78 Å². The van der Waals surface area contributed by atoms with E-state index in [4.69, 9.17) is 0 Å². The Morgan fingerprint density at radius 1 is 0.848 bits per heavy atom. The molecule has 4 rings (SSSR count). The van der Waals surface area contributed by atoms with Crippen molar-refractivity contribution in [3.8, 4) is 0 Å². The van der Waals surface area contributed by atoms with Crippen LogP contribution in [0.25, 0.3) is 0 Å². The third-order valence-corrected chi connectivity index (χ3v) is 13.1. The number of benzene rings is 3. The highest BCUT2D eigenvalue weighted by atomic mass is 31.2. The molecule has 0 bridgehead atoms. The summed E-state index contributed by atoms with van der Waals surface area (Å²) in [4.78, 5) is 0. The first-order valence-electron chi connectivity index (χ1n) is 12.0. The molecule has 33 heavy (non-hydrogen) atoms. The number of hydrogen-bond acceptors (Lipinski definition) is 1. The molecule has 0 aliphatic carbocycles. The second-order valence-electron chi connectivity index (χ2n) is 8.67. The highest BCUT2D eigenvalue weighted by molar-refractivity contribution is 7.79. The molecule has 0 saturated carbocycles. The number of hydrogen-bond donors (Lipinski definition) is 0. The largest absolute Gasteiger partial charge is 0.252 e. The standard InChI is InChI=1S/C28H33F2NP2/c1-3-5-19-31(33-25(4-2)17-18-28(33)22-11-7-6-8-12-22)32(26-15-9-13-23(29)20-26)27-16-10-14-24(30)21-27/h6-16,20-21,25,28H,3-5,17-19H2,1-2H3/t25-,28+,33?/m1/s1. The third kappa shape index (κ3) is 5.71. The maximum absolute atomic E-state index is 14.4. The molecule has 1 nitrogen and oxygen atoms in total. The van der Waals surface area contributed by atoms with Crippen LogP contribution in [0, 0.1) is 11.6 Å². The maximum Gasteiger partial charge on any atom is 0.123 e. The summed E-state index contributed by atoms with van der Waals surface area (Å²) in [5.74, 6) is -0.449. The minimum Gasteiger partial charge on any atom is -0.252 e. The van der Waals surface area contributed by atoms with Crippen molar-refractivity contribution in [1.82, 2.24) is 4.44 Å². The van der Waals surface area contributed by atoms with Crippen LogP contribution in [0.3, 0.4) is 0 Å². The van der Waals surface area contributed by atoms with E-state index in [0.29, 0.717) is 11.3 Å². The van der Waals surface area contributed by atoms with E-state index >= 15 is 0 Å². The van der Waals surface area contributed by atoms with Crippen molar-refractivity contribution in [3.05, 3.63) is 96.1 Å². The predicted molar refractivity (Wildman–Crippen MR) is 140 cm³/mol. The molecule has 0 spiro atoms. The number of rotatable bonds is 9. The fourth-order valence-electron chi connectivity index (χ4n) is 4.85. The highest BCUT2D eigenvalue weighted by Crippen LogP contribution is 2.71. The average Bonchev–Trinajstić information content (AvgIpc) is 3.26. The lowest BCUT2D eigenvalue weighted by Crippen LogP contribution is -2.29. The van der Waals surface area contributed by atoms with Crippen LogP contribution in [0.5, 0.6) is 0 Å². The molecule has 1 heterocycles. The van der Waals surface area contributed by atoms with Gasteiger partial charge in [-0.05, 0) is 79.9 Å². The molecule has 3 atom stereocenters. The average molecular weight is 484 g/mol. The number of halogens is 2. The summed E-state index contributed by atoms with van der Waals surface area (Å²) in [5.41, 5.74) is 2.54. The van der Waals surface area contributed by atoms with Crippen molar-refractivity contribution in [1.29, 1.82) is 0 Å². The molecule has 5 heteroatoms. The lowest BCUT2D eigenvalue weighted by atomic mass is 10.1. The van der Waals surface area contributed by atoms with Crippen LogP contribution in [0.15, 0.2) is 78.9 Å². The zero-order valence-corrected chi connectivity index (χ0v) is 21.3. The van der Waals surface area contributed by atoms with Gasteiger partial charge in [0.05, 0.1) is 0 Å². The van der Waals surface area contributed by atoms with Crippen molar-refractivity contribution in [2.45, 2.75) is 57.3 Å². The summed E-state index contributed by atoms with van der Waals surface area (Å²) in [5, 5.41) is 1.95. The molecule has 1 aliphatic heterocycles. The van der Waals surface area contributed by atoms with Gasteiger partial charge in [-0.15, -0.1) is 0 Å². The van der Waals surface area contributed by atoms with Crippen LogP contribution >= 0.6 is 16.1 Å². The van der Waals surface area contributed by atoms with E-state index in [9.17, 15) is 8.78 Å². The van der Waals surface area contributed by atoms with Crippen molar-refractivity contribution >= 4 is 26.8 Å². The molecule has 0 N–H and O–H groups in total. The second kappa shape index (κ2) is 11.7. The Morgan fingerprint density at radius 3 is 2.03 bits per heavy atom. The van der Waals surface area contributed by atoms with Crippen LogP contribution in [-0.4, -0.2) is 16.6 Å². The molecule has 0 radical (unpaired) electrons. The highest BCUT2D eigenvalue weighted by Gasteiger charge is 2.42. The van der Waals surface area contributed by atoms with Crippen LogP contribution in [0.2, 0.25) is 0 Å². The lowest BCUT2D eigenvalue weighted by Gasteiger charge is -2.42. The Morgan fingerprint density at radius 2 is 1.48 bits per heavy atom. The van der Waals surface area contributed by atoms with Crippen LogP contribution in [0.1, 0.15) is 57.2 Å². The first kappa shape index (κ1) is 24.5. The van der Waals surface area contributed by atoms with Crippen LogP contribution < -0.4 is 10.6 Å². The Kier molecular flexibility index (Phi) is 8.64. The fraction of sp³-hybridized carbons (Fsp3) is 0.357. The third-order valence-electron chi connectivity index (χ3n) is 6.44. The van der Waals surface area contributed by atoms with Crippen molar-refractivity contribution in [3.63, 3.8) is 0 Å². The Bertz CT molecular complexity index is 984. The quantitative estimate of drug-likeness (QED) is 0.278. The molecular weight excluding hydrogens is 450 g/mol. The van der Waals surface area contributed by atoms with Gasteiger partial charge in [0, 0.05) is 20.3 Å². The molecule has 1 fully saturated rings. The maximum atomic E-state index is 14.4. The zero-order valence-electron chi connectivity index (χ0n) is 19.5. The first-order chi connectivity index (χ1) is 16.1. The van der Waals surface area contributed by atoms with Gasteiger partial charge in [0.15, 0.2) is 0 Å². The molecule has 3 aromatic carbocycles. The summed E-state index contributed by atoms with van der Waals surface area (Å²) in [6.45, 7) is 5.48. The van der Waals surface area contributed by atoms with Gasteiger partial charge in [-0.3, -0.25) is 4.44 Å². The summed E-state index contributed by atoms with van der Waals surface area (Å²) in [6.07, 6.45) is 5.74. The molecule has 1 unspecified atom stereocenters. The summed E-state index contributed by atoms with van der Waals surface area (Å²) in [6, 6.07) is 24.9. The van der Waals surface area contributed by atoms with Gasteiger partial charge < -0.3 is 0 Å². The van der Waals surface area contributed by atoms with E-state index in [1.165, 1.54) is 30.5 Å². The van der Waals surface area contributed by atoms with Gasteiger partial charge in [-0.2, -0.15) is 0 Å². The van der Waals surface area contributed by atoms with E-state index in [2.05, 4.69) is 48.6 Å². The summed E-state index contributed by atoms with van der Waals surface area (Å²) < 4.78 is 31.6. The van der Waals surface area contributed by atoms with Gasteiger partial charge >= 0.3 is 0 Å². The minimum absolute atomic E-state index is 0.224. The zero-order chi connectivity index (χ0) is 23.2. The Balaban J connectivity index is 1.85. The molecular formula is C28H33F2NP2. The molecule has 1 saturated heterocycles. The van der Waals surface area contributed by atoms with Crippen LogP contribution in [-0.2, 0) is 0 Å². The molecule has 0 amide bonds. The molecule has 1 aliphatic rings. The fourth-order valence-corrected chi connectivity index (χ4v) is 12.5. The van der Waals surface area contributed by atoms with E-state index < -0.39 is 16.1 Å². The molecule has 3 aromatic rings. The van der Waals surface area contributed by atoms with E-state index in [-0.39, 0.29) is 11.6 Å². The van der Waals surface area contributed by atoms with Crippen molar-refractivity contribution < 1.29 is 8.78 Å². The normalized spacial score (nSPS) is 20.6. The van der Waals surface area contributed by atoms with Gasteiger partial charge in [0.25, 0.3) is 0 Å². The monoisotopic (exact) mass is 483 g/mol. The SMILES string of the molecule is CCCCN(P(c1cccc(F)c1)c1cccc(F)c1)P1[C@H](CC)CC[C@H]1c1ccccc1. The molecule has 0 aromatic heterocycles. The van der Waals surface area contributed by atoms with Crippen LogP contribution in [0.4, 0.5) is 8.78 Å². The number of nitrogens with zero attached hydrogens (tertiary/aromatic N) is 1. The molecule has 174 valence electrons. The first-order valence-corrected chi connectivity index (χ1v) is 14.8. The van der Waals surface area contributed by atoms with Gasteiger partial charge in [0.2, 0.25) is 0 Å². The lowest BCUT2D eigenvalue weighted by molar-refractivity contribution is 0.623. The Labute approximate surface area is 199 Å². The smallest absolute Gasteiger partial charge is 0.123 e. The Hall–Kier alpha value is -1.66. The second-order valence-corrected chi connectivity index (χ2v) is 13.7. The summed E-state index contributed by atoms with van der Waals surface area (Å²) >= 11 is 0. The van der Waals surface area contributed by atoms with Gasteiger partial charge in [0.1, 0.15) is 11.6 Å².